The van der Waals surface area contributed by atoms with Crippen LogP contribution in [0.5, 0.6) is 0 Å². The lowest BCUT2D eigenvalue weighted by molar-refractivity contribution is -0.143. The molecule has 144 valence electrons. The Morgan fingerprint density at radius 2 is 2.04 bits per heavy atom. The highest BCUT2D eigenvalue weighted by atomic mass is 16.5. The Morgan fingerprint density at radius 3 is 2.78 bits per heavy atom. The van der Waals surface area contributed by atoms with Crippen molar-refractivity contribution >= 4 is 16.8 Å². The molecule has 1 aromatic heterocycles. The van der Waals surface area contributed by atoms with Crippen LogP contribution in [0.3, 0.4) is 0 Å². The fraction of sp³-hybridized carbons (Fsp3) is 0.524. The number of nitrogens with zero attached hydrogens (tertiary/aromatic N) is 1. The van der Waals surface area contributed by atoms with Crippen LogP contribution in [0.25, 0.3) is 10.9 Å². The first-order valence-corrected chi connectivity index (χ1v) is 9.75. The SMILES string of the molecule is Cc1cccc2cc(CN(CC3CCCO3)C(=O)C3CCCO3)c(=O)[nH]c12. The molecular formula is C21H26N2O4. The Kier molecular flexibility index (Phi) is 5.27. The van der Waals surface area contributed by atoms with Gasteiger partial charge in [-0.3, -0.25) is 9.59 Å². The topological polar surface area (TPSA) is 71.6 Å². The zero-order valence-corrected chi connectivity index (χ0v) is 15.7. The Bertz CT molecular complexity index is 879. The van der Waals surface area contributed by atoms with Gasteiger partial charge in [-0.15, -0.1) is 0 Å². The molecule has 2 saturated heterocycles. The van der Waals surface area contributed by atoms with Crippen molar-refractivity contribution in [1.82, 2.24) is 9.88 Å². The lowest BCUT2D eigenvalue weighted by Gasteiger charge is -2.27. The number of aromatic amines is 1. The zero-order chi connectivity index (χ0) is 18.8. The van der Waals surface area contributed by atoms with Crippen LogP contribution >= 0.6 is 0 Å². The number of aryl methyl sites for hydroxylation is 1. The number of H-pyrrole nitrogens is 1. The van der Waals surface area contributed by atoms with Gasteiger partial charge in [-0.25, -0.2) is 0 Å². The monoisotopic (exact) mass is 370 g/mol. The number of aromatic nitrogens is 1. The van der Waals surface area contributed by atoms with Gasteiger partial charge < -0.3 is 19.4 Å². The molecule has 0 saturated carbocycles. The van der Waals surface area contributed by atoms with Crippen LogP contribution < -0.4 is 5.56 Å². The largest absolute Gasteiger partial charge is 0.376 e. The average molecular weight is 370 g/mol. The molecule has 27 heavy (non-hydrogen) atoms. The van der Waals surface area contributed by atoms with Crippen LogP contribution in [0, 0.1) is 6.92 Å². The molecule has 0 bridgehead atoms. The van der Waals surface area contributed by atoms with E-state index < -0.39 is 6.10 Å². The maximum atomic E-state index is 13.0. The number of nitrogens with one attached hydrogen (secondary N) is 1. The molecule has 1 N–H and O–H groups in total. The summed E-state index contributed by atoms with van der Waals surface area (Å²) in [5.74, 6) is -0.0354. The Labute approximate surface area is 158 Å². The van der Waals surface area contributed by atoms with Crippen molar-refractivity contribution < 1.29 is 14.3 Å². The lowest BCUT2D eigenvalue weighted by Crippen LogP contribution is -2.43. The van der Waals surface area contributed by atoms with E-state index >= 15 is 0 Å². The summed E-state index contributed by atoms with van der Waals surface area (Å²) < 4.78 is 11.3. The molecule has 2 aliphatic heterocycles. The van der Waals surface area contributed by atoms with E-state index in [0.29, 0.717) is 18.7 Å². The molecule has 3 heterocycles. The molecule has 0 aliphatic carbocycles. The number of ether oxygens (including phenoxy) is 2. The van der Waals surface area contributed by atoms with Gasteiger partial charge in [0.15, 0.2) is 0 Å². The smallest absolute Gasteiger partial charge is 0.253 e. The molecule has 0 radical (unpaired) electrons. The molecule has 0 spiro atoms. The summed E-state index contributed by atoms with van der Waals surface area (Å²) in [7, 11) is 0. The normalized spacial score (nSPS) is 22.4. The number of para-hydroxylation sites is 1. The second-order valence-electron chi connectivity index (χ2n) is 7.52. The van der Waals surface area contributed by atoms with E-state index in [0.717, 1.165) is 48.8 Å². The number of hydrogen-bond acceptors (Lipinski definition) is 4. The number of hydrogen-bond donors (Lipinski definition) is 1. The van der Waals surface area contributed by atoms with Crippen molar-refractivity contribution in [2.45, 2.75) is 51.4 Å². The number of carbonyl (C=O) groups excluding carboxylic acids is 1. The molecule has 6 heteroatoms. The van der Waals surface area contributed by atoms with Gasteiger partial charge in [-0.1, -0.05) is 18.2 Å². The van der Waals surface area contributed by atoms with Gasteiger partial charge in [-0.2, -0.15) is 0 Å². The third-order valence-electron chi connectivity index (χ3n) is 5.49. The van der Waals surface area contributed by atoms with Crippen LogP contribution in [-0.2, 0) is 20.8 Å². The summed E-state index contributed by atoms with van der Waals surface area (Å²) in [6, 6.07) is 7.82. The molecular weight excluding hydrogens is 344 g/mol. The van der Waals surface area contributed by atoms with Crippen LogP contribution in [0.2, 0.25) is 0 Å². The second-order valence-corrected chi connectivity index (χ2v) is 7.52. The van der Waals surface area contributed by atoms with Crippen molar-refractivity contribution in [3.63, 3.8) is 0 Å². The first-order valence-electron chi connectivity index (χ1n) is 9.75. The molecule has 4 rings (SSSR count). The minimum Gasteiger partial charge on any atom is -0.376 e. The fourth-order valence-corrected chi connectivity index (χ4v) is 3.99. The van der Waals surface area contributed by atoms with Gasteiger partial charge >= 0.3 is 0 Å². The quantitative estimate of drug-likeness (QED) is 0.878. The molecule has 2 atom stereocenters. The minimum atomic E-state index is -0.395. The van der Waals surface area contributed by atoms with Crippen molar-refractivity contribution in [3.8, 4) is 0 Å². The summed E-state index contributed by atoms with van der Waals surface area (Å²) in [5.41, 5.74) is 2.33. The summed E-state index contributed by atoms with van der Waals surface area (Å²) in [6.45, 7) is 4.12. The van der Waals surface area contributed by atoms with Gasteiger partial charge in [0.2, 0.25) is 0 Å². The third-order valence-corrected chi connectivity index (χ3v) is 5.49. The predicted molar refractivity (Wildman–Crippen MR) is 103 cm³/mol. The Hall–Kier alpha value is -2.18. The summed E-state index contributed by atoms with van der Waals surface area (Å²) >= 11 is 0. The molecule has 6 nitrogen and oxygen atoms in total. The predicted octanol–water partition coefficient (Wildman–Crippen LogP) is 2.52. The number of benzene rings is 1. The van der Waals surface area contributed by atoms with Crippen molar-refractivity contribution in [2.24, 2.45) is 0 Å². The Balaban J connectivity index is 1.61. The van der Waals surface area contributed by atoms with E-state index in [-0.39, 0.29) is 24.1 Å². The molecule has 2 aliphatic rings. The number of carbonyl (C=O) groups is 1. The summed E-state index contributed by atoms with van der Waals surface area (Å²) in [5, 5.41) is 0.978. The Morgan fingerprint density at radius 1 is 1.22 bits per heavy atom. The first-order chi connectivity index (χ1) is 13.1. The minimum absolute atomic E-state index is 0.0354. The number of amides is 1. The standard InChI is InChI=1S/C21H26N2O4/c1-14-5-2-6-15-11-16(20(24)22-19(14)15)12-23(13-17-7-3-9-26-17)21(25)18-8-4-10-27-18/h2,5-6,11,17-18H,3-4,7-10,12-13H2,1H3,(H,22,24). The van der Waals surface area contributed by atoms with E-state index in [4.69, 9.17) is 9.47 Å². The molecule has 1 amide bonds. The average Bonchev–Trinajstić information content (AvgIpc) is 3.36. The van der Waals surface area contributed by atoms with Gasteiger partial charge in [0.05, 0.1) is 18.2 Å². The highest BCUT2D eigenvalue weighted by Gasteiger charge is 2.31. The molecule has 2 fully saturated rings. The molecule has 1 aromatic carbocycles. The highest BCUT2D eigenvalue weighted by Crippen LogP contribution is 2.21. The van der Waals surface area contributed by atoms with Crippen molar-refractivity contribution in [3.05, 3.63) is 45.7 Å². The van der Waals surface area contributed by atoms with E-state index in [9.17, 15) is 9.59 Å². The van der Waals surface area contributed by atoms with E-state index in [1.807, 2.05) is 31.2 Å². The van der Waals surface area contributed by atoms with Crippen LogP contribution in [0.4, 0.5) is 0 Å². The maximum Gasteiger partial charge on any atom is 0.253 e. The van der Waals surface area contributed by atoms with Crippen LogP contribution in [0.1, 0.15) is 36.8 Å². The molecule has 2 unspecified atom stereocenters. The highest BCUT2D eigenvalue weighted by molar-refractivity contribution is 5.83. The van der Waals surface area contributed by atoms with Gasteiger partial charge in [0.1, 0.15) is 6.10 Å². The van der Waals surface area contributed by atoms with Gasteiger partial charge in [-0.05, 0) is 49.6 Å². The third kappa shape index (κ3) is 3.92. The number of fused-ring (bicyclic) bond motifs is 1. The summed E-state index contributed by atoms with van der Waals surface area (Å²) in [4.78, 5) is 30.4. The zero-order valence-electron chi connectivity index (χ0n) is 15.7. The van der Waals surface area contributed by atoms with Crippen LogP contribution in [-0.4, -0.2) is 47.8 Å². The second kappa shape index (κ2) is 7.82. The van der Waals surface area contributed by atoms with Crippen molar-refractivity contribution in [2.75, 3.05) is 19.8 Å². The van der Waals surface area contributed by atoms with Gasteiger partial charge in [0.25, 0.3) is 11.5 Å². The fourth-order valence-electron chi connectivity index (χ4n) is 3.99. The number of pyridine rings is 1. The van der Waals surface area contributed by atoms with Crippen molar-refractivity contribution in [1.29, 1.82) is 0 Å². The first kappa shape index (κ1) is 18.2. The van der Waals surface area contributed by atoms with E-state index in [2.05, 4.69) is 4.98 Å². The lowest BCUT2D eigenvalue weighted by atomic mass is 10.1. The van der Waals surface area contributed by atoms with Gasteiger partial charge in [0, 0.05) is 25.3 Å². The van der Waals surface area contributed by atoms with E-state index in [1.54, 1.807) is 4.90 Å². The van der Waals surface area contributed by atoms with E-state index in [1.165, 1.54) is 0 Å². The summed E-state index contributed by atoms with van der Waals surface area (Å²) in [6.07, 6.45) is 3.25. The molecule has 2 aromatic rings. The maximum absolute atomic E-state index is 13.0. The van der Waals surface area contributed by atoms with Crippen LogP contribution in [0.15, 0.2) is 29.1 Å². The number of rotatable bonds is 5.